The highest BCUT2D eigenvalue weighted by Crippen LogP contribution is 2.35. The number of hydroxylamine groups is 1. The van der Waals surface area contributed by atoms with Crippen molar-refractivity contribution >= 4 is 61.5 Å². The molecule has 3 rings (SSSR count). The minimum Gasteiger partial charge on any atom is -0.351 e. The molecule has 1 amide bonds. The number of nitrogens with one attached hydrogen (secondary N) is 2. The number of carbonyl (C=O) groups excluding carboxylic acids is 1. The van der Waals surface area contributed by atoms with E-state index in [1.54, 1.807) is 61.5 Å². The molecule has 0 radical (unpaired) electrons. The molecule has 0 atom stereocenters. The molecule has 0 saturated heterocycles. The molecule has 2 N–H and O–H groups in total. The molecule has 214 valence electrons. The van der Waals surface area contributed by atoms with Crippen LogP contribution in [0.5, 0.6) is 0 Å². The van der Waals surface area contributed by atoms with Crippen LogP contribution in [0.2, 0.25) is 5.02 Å². The van der Waals surface area contributed by atoms with Gasteiger partial charge in [-0.2, -0.15) is 4.31 Å². The van der Waals surface area contributed by atoms with Crippen molar-refractivity contribution in [3.05, 3.63) is 98.6 Å². The predicted molar refractivity (Wildman–Crippen MR) is 160 cm³/mol. The van der Waals surface area contributed by atoms with Crippen LogP contribution in [0.3, 0.4) is 0 Å². The fourth-order valence-electron chi connectivity index (χ4n) is 3.56. The van der Waals surface area contributed by atoms with Gasteiger partial charge in [0.25, 0.3) is 5.91 Å². The van der Waals surface area contributed by atoms with Gasteiger partial charge in [0.2, 0.25) is 10.0 Å². The Kier molecular flexibility index (Phi) is 11.4. The van der Waals surface area contributed by atoms with Gasteiger partial charge in [0.15, 0.2) is 11.6 Å². The third-order valence-corrected chi connectivity index (χ3v) is 8.42. The van der Waals surface area contributed by atoms with Gasteiger partial charge in [0, 0.05) is 23.2 Å². The van der Waals surface area contributed by atoms with Crippen LogP contribution in [-0.2, 0) is 21.4 Å². The molecule has 3 aromatic carbocycles. The number of rotatable bonds is 13. The third-order valence-electron chi connectivity index (χ3n) is 5.59. The monoisotopic (exact) mass is 704 g/mol. The Bertz CT molecular complexity index is 1480. The van der Waals surface area contributed by atoms with E-state index >= 15 is 8.78 Å². The number of amides is 1. The Labute approximate surface area is 251 Å². The lowest BCUT2D eigenvalue weighted by molar-refractivity contribution is 0.0422. The number of benzene rings is 3. The molecule has 0 aromatic heterocycles. The average molecular weight is 705 g/mol. The first-order chi connectivity index (χ1) is 18.9. The van der Waals surface area contributed by atoms with Gasteiger partial charge in [0.1, 0.15) is 4.90 Å². The molecule has 0 aliphatic rings. The molecule has 0 saturated carbocycles. The van der Waals surface area contributed by atoms with Crippen molar-refractivity contribution in [1.29, 1.82) is 0 Å². The van der Waals surface area contributed by atoms with E-state index in [-0.39, 0.29) is 30.4 Å². The van der Waals surface area contributed by atoms with Crippen LogP contribution in [0.4, 0.5) is 20.2 Å². The van der Waals surface area contributed by atoms with Crippen LogP contribution in [0.25, 0.3) is 0 Å². The maximum absolute atomic E-state index is 15.7. The minimum atomic E-state index is -4.63. The summed E-state index contributed by atoms with van der Waals surface area (Å²) >= 11 is 8.29. The van der Waals surface area contributed by atoms with Crippen LogP contribution in [0.1, 0.15) is 15.9 Å². The zero-order valence-corrected chi connectivity index (χ0v) is 25.5. The van der Waals surface area contributed by atoms with Crippen molar-refractivity contribution in [2.75, 3.05) is 39.1 Å². The van der Waals surface area contributed by atoms with Gasteiger partial charge in [-0.25, -0.2) is 22.7 Å². The highest BCUT2D eigenvalue weighted by atomic mass is 127. The van der Waals surface area contributed by atoms with Crippen molar-refractivity contribution in [1.82, 2.24) is 14.7 Å². The fraction of sp³-hybridized carbons (Fsp3) is 0.222. The molecule has 8 nitrogen and oxygen atoms in total. The van der Waals surface area contributed by atoms with Crippen molar-refractivity contribution < 1.29 is 26.8 Å². The van der Waals surface area contributed by atoms with Crippen LogP contribution >= 0.6 is 34.2 Å². The second kappa shape index (κ2) is 14.3. The van der Waals surface area contributed by atoms with Gasteiger partial charge < -0.3 is 10.2 Å². The lowest BCUT2D eigenvalue weighted by Gasteiger charge is -2.25. The Morgan fingerprint density at radius 1 is 1.10 bits per heavy atom. The first-order valence-corrected chi connectivity index (χ1v) is 14.8. The second-order valence-electron chi connectivity index (χ2n) is 8.83. The van der Waals surface area contributed by atoms with E-state index in [1.807, 2.05) is 22.6 Å². The van der Waals surface area contributed by atoms with Crippen LogP contribution in [-0.4, -0.2) is 57.3 Å². The molecule has 13 heteroatoms. The zero-order chi connectivity index (χ0) is 29.4. The number of hydrogen-bond donors (Lipinski definition) is 2. The maximum Gasteiger partial charge on any atom is 0.277 e. The highest BCUT2D eigenvalue weighted by Gasteiger charge is 2.33. The van der Waals surface area contributed by atoms with Crippen LogP contribution in [0.15, 0.2) is 72.1 Å². The quantitative estimate of drug-likeness (QED) is 0.105. The fourth-order valence-corrected chi connectivity index (χ4v) is 5.97. The van der Waals surface area contributed by atoms with E-state index in [1.165, 1.54) is 12.1 Å². The Hall–Kier alpha value is -2.62. The number of likely N-dealkylation sites (N-methyl/N-ethyl adjacent to an activating group) is 1. The van der Waals surface area contributed by atoms with E-state index in [9.17, 15) is 13.2 Å². The topological polar surface area (TPSA) is 91.0 Å². The minimum absolute atomic E-state index is 0.0203. The predicted octanol–water partition coefficient (Wildman–Crippen LogP) is 5.57. The highest BCUT2D eigenvalue weighted by molar-refractivity contribution is 14.1. The molecule has 40 heavy (non-hydrogen) atoms. The van der Waals surface area contributed by atoms with Crippen molar-refractivity contribution in [2.45, 2.75) is 11.4 Å². The third kappa shape index (κ3) is 7.98. The summed E-state index contributed by atoms with van der Waals surface area (Å²) < 4.78 is 60.8. The SMILES string of the molecule is C=CCONC(=O)c1cc(S(=O)(=O)N(CCN(C)C)Cc2ccccc2)c(F)c(F)c1Nc1ccc(I)cc1Cl. The van der Waals surface area contributed by atoms with Gasteiger partial charge in [-0.3, -0.25) is 9.63 Å². The molecule has 3 aromatic rings. The first kappa shape index (κ1) is 31.9. The number of carbonyl (C=O) groups is 1. The lowest BCUT2D eigenvalue weighted by atomic mass is 10.1. The Morgan fingerprint density at radius 3 is 2.42 bits per heavy atom. The van der Waals surface area contributed by atoms with E-state index in [4.69, 9.17) is 16.4 Å². The molecule has 0 aliphatic heterocycles. The van der Waals surface area contributed by atoms with Gasteiger partial charge >= 0.3 is 0 Å². The molecular weight excluding hydrogens is 677 g/mol. The average Bonchev–Trinajstić information content (AvgIpc) is 2.90. The van der Waals surface area contributed by atoms with E-state index < -0.39 is 43.7 Å². The molecule has 0 aliphatic carbocycles. The molecule has 0 unspecified atom stereocenters. The lowest BCUT2D eigenvalue weighted by Crippen LogP contribution is -2.37. The summed E-state index contributed by atoms with van der Waals surface area (Å²) in [6, 6.07) is 14.3. The number of anilines is 2. The molecule has 0 bridgehead atoms. The summed E-state index contributed by atoms with van der Waals surface area (Å²) in [5.41, 5.74) is 1.80. The summed E-state index contributed by atoms with van der Waals surface area (Å²) in [6.07, 6.45) is 1.36. The van der Waals surface area contributed by atoms with Gasteiger partial charge in [0.05, 0.1) is 28.6 Å². The van der Waals surface area contributed by atoms with Gasteiger partial charge in [-0.05, 0) is 66.5 Å². The van der Waals surface area contributed by atoms with Crippen molar-refractivity contribution in [3.63, 3.8) is 0 Å². The van der Waals surface area contributed by atoms with Crippen LogP contribution in [0, 0.1) is 15.2 Å². The number of hydrogen-bond acceptors (Lipinski definition) is 6. The Balaban J connectivity index is 2.15. The summed E-state index contributed by atoms with van der Waals surface area (Å²) in [4.78, 5) is 18.8. The zero-order valence-electron chi connectivity index (χ0n) is 21.8. The largest absolute Gasteiger partial charge is 0.351 e. The van der Waals surface area contributed by atoms with Gasteiger partial charge in [-0.1, -0.05) is 48.0 Å². The number of halogens is 4. The maximum atomic E-state index is 15.7. The van der Waals surface area contributed by atoms with Gasteiger partial charge in [-0.15, -0.1) is 6.58 Å². The summed E-state index contributed by atoms with van der Waals surface area (Å²) in [5, 5.41) is 2.81. The number of nitrogens with zero attached hydrogens (tertiary/aromatic N) is 2. The van der Waals surface area contributed by atoms with E-state index in [0.717, 1.165) is 13.9 Å². The van der Waals surface area contributed by atoms with E-state index in [0.29, 0.717) is 12.1 Å². The van der Waals surface area contributed by atoms with E-state index in [2.05, 4.69) is 17.4 Å². The molecule has 0 spiro atoms. The molecule has 0 heterocycles. The summed E-state index contributed by atoms with van der Waals surface area (Å²) in [5.74, 6) is -4.23. The van der Waals surface area contributed by atoms with Crippen molar-refractivity contribution in [3.8, 4) is 0 Å². The smallest absolute Gasteiger partial charge is 0.277 e. The molecule has 0 fully saturated rings. The first-order valence-electron chi connectivity index (χ1n) is 11.9. The summed E-state index contributed by atoms with van der Waals surface area (Å²) in [7, 11) is -1.11. The summed E-state index contributed by atoms with van der Waals surface area (Å²) in [6.45, 7) is 3.58. The molecular formula is C27H28ClF2IN4O4S. The second-order valence-corrected chi connectivity index (χ2v) is 12.4. The standard InChI is InChI=1S/C27H28ClF2IN4O4S/c1-4-14-39-33-27(36)20-16-23(24(29)25(30)26(20)32-22-11-10-19(31)15-21(22)28)40(37,38)35(13-12-34(2)3)17-18-8-6-5-7-9-18/h4-11,15-16,32H,1,12-14,17H2,2-3H3,(H,33,36). The van der Waals surface area contributed by atoms with Crippen molar-refractivity contribution in [2.24, 2.45) is 0 Å². The normalized spacial score (nSPS) is 11.6. The number of sulfonamides is 1. The van der Waals surface area contributed by atoms with Crippen LogP contribution < -0.4 is 10.8 Å². The Morgan fingerprint density at radius 2 is 1.80 bits per heavy atom.